The summed E-state index contributed by atoms with van der Waals surface area (Å²) in [6.45, 7) is 5.97. The van der Waals surface area contributed by atoms with Gasteiger partial charge in [0.15, 0.2) is 5.78 Å². The molecule has 3 rings (SSSR count). The average molecular weight is 326 g/mol. The zero-order valence-corrected chi connectivity index (χ0v) is 14.5. The number of Topliss-reactive ketones (excluding diaryl/α,β-unsaturated/α-hetero) is 1. The molecule has 0 amide bonds. The molecule has 24 heavy (non-hydrogen) atoms. The van der Waals surface area contributed by atoms with Gasteiger partial charge in [0.2, 0.25) is 0 Å². The summed E-state index contributed by atoms with van der Waals surface area (Å²) in [6, 6.07) is 5.55. The van der Waals surface area contributed by atoms with Gasteiger partial charge in [-0.3, -0.25) is 19.6 Å². The highest BCUT2D eigenvalue weighted by atomic mass is 16.5. The molecular weight excluding hydrogens is 304 g/mol. The molecule has 126 valence electrons. The van der Waals surface area contributed by atoms with Crippen LogP contribution >= 0.6 is 0 Å². The van der Waals surface area contributed by atoms with Crippen LogP contribution in [0.3, 0.4) is 0 Å². The molecule has 0 saturated heterocycles. The van der Waals surface area contributed by atoms with Crippen LogP contribution in [0.1, 0.15) is 45.2 Å². The Balaban J connectivity index is 2.19. The second-order valence-corrected chi connectivity index (χ2v) is 7.29. The molecule has 0 spiro atoms. The summed E-state index contributed by atoms with van der Waals surface area (Å²) in [5.41, 5.74) is 2.70. The molecule has 0 radical (unpaired) electrons. The molecule has 2 heterocycles. The monoisotopic (exact) mass is 326 g/mol. The quantitative estimate of drug-likeness (QED) is 0.783. The molecule has 1 aliphatic heterocycles. The molecule has 5 nitrogen and oxygen atoms in total. The smallest absolute Gasteiger partial charge is 0.315 e. The Kier molecular flexibility index (Phi) is 4.11. The number of nitrogens with zero attached hydrogens (tertiary/aromatic N) is 2. The van der Waals surface area contributed by atoms with Gasteiger partial charge in [0.1, 0.15) is 5.92 Å². The van der Waals surface area contributed by atoms with E-state index in [2.05, 4.69) is 23.8 Å². The number of methoxy groups -OCH3 is 1. The van der Waals surface area contributed by atoms with Crippen LogP contribution in [-0.2, 0) is 14.3 Å². The van der Waals surface area contributed by atoms with Crippen molar-refractivity contribution in [1.29, 1.82) is 0 Å². The molecule has 2 atom stereocenters. The number of esters is 1. The van der Waals surface area contributed by atoms with Crippen molar-refractivity contribution in [3.8, 4) is 0 Å². The zero-order chi connectivity index (χ0) is 17.5. The summed E-state index contributed by atoms with van der Waals surface area (Å²) in [7, 11) is 1.36. The summed E-state index contributed by atoms with van der Waals surface area (Å²) < 4.78 is 4.99. The van der Waals surface area contributed by atoms with E-state index in [0.717, 1.165) is 12.1 Å². The Morgan fingerprint density at radius 2 is 2.04 bits per heavy atom. The number of ketones is 1. The van der Waals surface area contributed by atoms with Crippen molar-refractivity contribution in [2.75, 3.05) is 7.11 Å². The summed E-state index contributed by atoms with van der Waals surface area (Å²) in [6.07, 6.45) is 2.86. The maximum Gasteiger partial charge on any atom is 0.315 e. The number of rotatable bonds is 2. The molecule has 5 heteroatoms. The third-order valence-corrected chi connectivity index (χ3v) is 4.76. The molecule has 0 bridgehead atoms. The van der Waals surface area contributed by atoms with Gasteiger partial charge in [0.05, 0.1) is 13.0 Å². The van der Waals surface area contributed by atoms with Gasteiger partial charge < -0.3 is 4.74 Å². The summed E-state index contributed by atoms with van der Waals surface area (Å²) in [5, 5.41) is 0. The minimum atomic E-state index is -0.603. The standard InChI is InChI=1S/C19H22N2O3/c1-11-15(18(23)24-4)17(12-7-5-6-8-20-12)16-13(21-11)9-19(2,3)10-14(16)22/h5-8,15,17H,9-10H2,1-4H3/t15?,17-/m1/s1. The van der Waals surface area contributed by atoms with Gasteiger partial charge in [-0.2, -0.15) is 0 Å². The maximum atomic E-state index is 12.9. The molecule has 0 saturated carbocycles. The molecule has 1 unspecified atom stereocenters. The summed E-state index contributed by atoms with van der Waals surface area (Å²) in [4.78, 5) is 34.3. The van der Waals surface area contributed by atoms with E-state index in [1.165, 1.54) is 7.11 Å². The topological polar surface area (TPSA) is 68.6 Å². The molecule has 1 aromatic heterocycles. The minimum Gasteiger partial charge on any atom is -0.468 e. The molecule has 0 N–H and O–H groups in total. The van der Waals surface area contributed by atoms with E-state index in [-0.39, 0.29) is 17.2 Å². The zero-order valence-electron chi connectivity index (χ0n) is 14.5. The van der Waals surface area contributed by atoms with Crippen LogP contribution in [0.5, 0.6) is 0 Å². The molecule has 0 aromatic carbocycles. The van der Waals surface area contributed by atoms with Gasteiger partial charge in [-0.25, -0.2) is 0 Å². The van der Waals surface area contributed by atoms with E-state index in [1.54, 1.807) is 6.20 Å². The number of allylic oxidation sites excluding steroid dienone is 2. The van der Waals surface area contributed by atoms with Gasteiger partial charge in [-0.15, -0.1) is 0 Å². The Morgan fingerprint density at radius 1 is 1.29 bits per heavy atom. The van der Waals surface area contributed by atoms with Gasteiger partial charge in [0, 0.05) is 35.3 Å². The predicted molar refractivity (Wildman–Crippen MR) is 90.6 cm³/mol. The van der Waals surface area contributed by atoms with Crippen LogP contribution < -0.4 is 0 Å². The van der Waals surface area contributed by atoms with Gasteiger partial charge in [0.25, 0.3) is 0 Å². The Labute approximate surface area is 141 Å². The number of hydrogen-bond donors (Lipinski definition) is 0. The second-order valence-electron chi connectivity index (χ2n) is 7.29. The fourth-order valence-electron chi connectivity index (χ4n) is 3.76. The highest BCUT2D eigenvalue weighted by molar-refractivity contribution is 6.08. The molecule has 0 fully saturated rings. The van der Waals surface area contributed by atoms with Crippen molar-refractivity contribution in [2.24, 2.45) is 16.3 Å². The van der Waals surface area contributed by atoms with Crippen LogP contribution in [0, 0.1) is 11.3 Å². The largest absolute Gasteiger partial charge is 0.468 e. The third-order valence-electron chi connectivity index (χ3n) is 4.76. The second kappa shape index (κ2) is 5.96. The highest BCUT2D eigenvalue weighted by Gasteiger charge is 2.46. The first-order valence-electron chi connectivity index (χ1n) is 8.14. The Morgan fingerprint density at radius 3 is 2.67 bits per heavy atom. The van der Waals surface area contributed by atoms with Crippen molar-refractivity contribution in [3.63, 3.8) is 0 Å². The minimum absolute atomic E-state index is 0.0575. The number of carbonyl (C=O) groups excluding carboxylic acids is 2. The SMILES string of the molecule is COC(=O)C1C(C)=NC2=C(C(=O)CC(C)(C)C2)[C@@H]1c1ccccn1. The van der Waals surface area contributed by atoms with Crippen LogP contribution in [0.15, 0.2) is 40.7 Å². The van der Waals surface area contributed by atoms with E-state index in [1.807, 2.05) is 25.1 Å². The lowest BCUT2D eigenvalue weighted by atomic mass is 9.67. The fraction of sp³-hybridized carbons (Fsp3) is 0.474. The summed E-state index contributed by atoms with van der Waals surface area (Å²) >= 11 is 0. The van der Waals surface area contributed by atoms with Crippen molar-refractivity contribution in [3.05, 3.63) is 41.4 Å². The Hall–Kier alpha value is -2.30. The van der Waals surface area contributed by atoms with E-state index >= 15 is 0 Å². The van der Waals surface area contributed by atoms with Crippen LogP contribution in [-0.4, -0.2) is 29.6 Å². The first-order valence-corrected chi connectivity index (χ1v) is 8.14. The lowest BCUT2D eigenvalue weighted by Gasteiger charge is -2.38. The average Bonchev–Trinajstić information content (AvgIpc) is 2.52. The van der Waals surface area contributed by atoms with E-state index in [9.17, 15) is 9.59 Å². The van der Waals surface area contributed by atoms with E-state index < -0.39 is 11.8 Å². The van der Waals surface area contributed by atoms with E-state index in [4.69, 9.17) is 4.74 Å². The van der Waals surface area contributed by atoms with Gasteiger partial charge in [-0.1, -0.05) is 19.9 Å². The lowest BCUT2D eigenvalue weighted by molar-refractivity contribution is -0.143. The number of hydrogen-bond acceptors (Lipinski definition) is 5. The van der Waals surface area contributed by atoms with Crippen LogP contribution in [0.4, 0.5) is 0 Å². The van der Waals surface area contributed by atoms with Gasteiger partial charge >= 0.3 is 5.97 Å². The predicted octanol–water partition coefficient (Wildman–Crippen LogP) is 3.07. The first kappa shape index (κ1) is 16.6. The number of aromatic nitrogens is 1. The van der Waals surface area contributed by atoms with Crippen molar-refractivity contribution in [1.82, 2.24) is 4.98 Å². The molecular formula is C19H22N2O3. The summed E-state index contributed by atoms with van der Waals surface area (Å²) in [5.74, 6) is -1.35. The van der Waals surface area contributed by atoms with Crippen molar-refractivity contribution in [2.45, 2.75) is 39.5 Å². The van der Waals surface area contributed by atoms with Crippen molar-refractivity contribution < 1.29 is 14.3 Å². The molecule has 1 aromatic rings. The third kappa shape index (κ3) is 2.79. The van der Waals surface area contributed by atoms with Crippen molar-refractivity contribution >= 4 is 17.5 Å². The number of pyridine rings is 1. The van der Waals surface area contributed by atoms with Gasteiger partial charge in [-0.05, 0) is 30.9 Å². The number of ether oxygens (including phenoxy) is 1. The fourth-order valence-corrected chi connectivity index (χ4v) is 3.76. The first-order chi connectivity index (χ1) is 11.3. The highest BCUT2D eigenvalue weighted by Crippen LogP contribution is 2.47. The normalized spacial score (nSPS) is 25.8. The maximum absolute atomic E-state index is 12.9. The van der Waals surface area contributed by atoms with E-state index in [0.29, 0.717) is 23.4 Å². The van der Waals surface area contributed by atoms with Crippen LogP contribution in [0.2, 0.25) is 0 Å². The Bertz CT molecular complexity index is 747. The number of carbonyl (C=O) groups is 2. The molecule has 2 aliphatic rings. The lowest BCUT2D eigenvalue weighted by Crippen LogP contribution is -2.39. The number of aliphatic imine (C=N–C) groups is 1. The molecule has 1 aliphatic carbocycles. The van der Waals surface area contributed by atoms with Crippen LogP contribution in [0.25, 0.3) is 0 Å².